The molecule has 0 saturated heterocycles. The number of hydrogen-bond donors (Lipinski definition) is 0. The van der Waals surface area contributed by atoms with Gasteiger partial charge in [0.25, 0.3) is 0 Å². The second-order valence-corrected chi connectivity index (χ2v) is 3.18. The molecule has 0 amide bonds. The average Bonchev–Trinajstić information content (AvgIpc) is 2.25. The molecule has 0 heterocycles. The molecule has 5 heteroatoms. The van der Waals surface area contributed by atoms with E-state index < -0.39 is 0 Å². The summed E-state index contributed by atoms with van der Waals surface area (Å²) in [5.74, 6) is -0.284. The molecule has 0 rings (SSSR count). The molecule has 0 fully saturated rings. The maximum Gasteiger partial charge on any atom is 0.302 e. The van der Waals surface area contributed by atoms with Gasteiger partial charge in [0.15, 0.2) is 0 Å². The minimum Gasteiger partial charge on any atom is -0.463 e. The molecule has 0 spiro atoms. The van der Waals surface area contributed by atoms with Crippen LogP contribution in [0.25, 0.3) is 0 Å². The van der Waals surface area contributed by atoms with Gasteiger partial charge in [-0.3, -0.25) is 4.79 Å². The molecule has 0 aromatic heterocycles. The van der Waals surface area contributed by atoms with Crippen molar-refractivity contribution in [2.75, 3.05) is 46.2 Å². The van der Waals surface area contributed by atoms with E-state index in [1.165, 1.54) is 6.92 Å². The van der Waals surface area contributed by atoms with Crippen LogP contribution < -0.4 is 0 Å². The molecule has 0 atom stereocenters. The lowest BCUT2D eigenvalue weighted by atomic mass is 10.5. The summed E-state index contributed by atoms with van der Waals surface area (Å²) in [6, 6.07) is 0. The van der Waals surface area contributed by atoms with Crippen molar-refractivity contribution in [3.8, 4) is 0 Å². The van der Waals surface area contributed by atoms with Gasteiger partial charge >= 0.3 is 5.97 Å². The lowest BCUT2D eigenvalue weighted by Crippen LogP contribution is -2.12. The molecule has 0 aromatic rings. The van der Waals surface area contributed by atoms with Gasteiger partial charge in [-0.2, -0.15) is 0 Å². The predicted molar refractivity (Wildman–Crippen MR) is 59.4 cm³/mol. The van der Waals surface area contributed by atoms with E-state index in [-0.39, 0.29) is 5.97 Å². The Labute approximate surface area is 97.0 Å². The van der Waals surface area contributed by atoms with E-state index in [4.69, 9.17) is 14.2 Å². The number of hydrogen-bond acceptors (Lipinski definition) is 5. The van der Waals surface area contributed by atoms with E-state index in [1.54, 1.807) is 0 Å². The van der Waals surface area contributed by atoms with Gasteiger partial charge in [0.2, 0.25) is 0 Å². The highest BCUT2D eigenvalue weighted by Gasteiger charge is 1.93. The van der Waals surface area contributed by atoms with Crippen LogP contribution in [0.2, 0.25) is 0 Å². The number of carbonyl (C=O) groups is 1. The third-order valence-electron chi connectivity index (χ3n) is 1.63. The summed E-state index contributed by atoms with van der Waals surface area (Å²) in [6.45, 7) is 7.20. The first kappa shape index (κ1) is 15.3. The largest absolute Gasteiger partial charge is 0.463 e. The molecule has 0 aliphatic carbocycles. The molecular formula is C11H22O5. The van der Waals surface area contributed by atoms with Crippen molar-refractivity contribution in [1.82, 2.24) is 0 Å². The van der Waals surface area contributed by atoms with Crippen LogP contribution >= 0.6 is 0 Å². The summed E-state index contributed by atoms with van der Waals surface area (Å²) in [6.07, 6.45) is 1.03. The van der Waals surface area contributed by atoms with Crippen LogP contribution in [0.4, 0.5) is 0 Å². The quantitative estimate of drug-likeness (QED) is 0.394. The molecular weight excluding hydrogens is 212 g/mol. The van der Waals surface area contributed by atoms with Gasteiger partial charge in [-0.25, -0.2) is 0 Å². The smallest absolute Gasteiger partial charge is 0.302 e. The summed E-state index contributed by atoms with van der Waals surface area (Å²) in [7, 11) is 0. The van der Waals surface area contributed by atoms with Crippen LogP contribution in [0.3, 0.4) is 0 Å². The number of esters is 1. The van der Waals surface area contributed by atoms with E-state index in [0.717, 1.165) is 13.0 Å². The lowest BCUT2D eigenvalue weighted by Gasteiger charge is -2.06. The number of carbonyl (C=O) groups excluding carboxylic acids is 1. The normalized spacial score (nSPS) is 10.4. The van der Waals surface area contributed by atoms with Gasteiger partial charge in [0.1, 0.15) is 6.61 Å². The van der Waals surface area contributed by atoms with Crippen LogP contribution in [-0.2, 0) is 23.7 Å². The zero-order valence-corrected chi connectivity index (χ0v) is 10.2. The van der Waals surface area contributed by atoms with Gasteiger partial charge in [-0.1, -0.05) is 6.92 Å². The van der Waals surface area contributed by atoms with Crippen LogP contribution in [0.15, 0.2) is 0 Å². The average molecular weight is 234 g/mol. The van der Waals surface area contributed by atoms with Crippen LogP contribution in [0.5, 0.6) is 0 Å². The minimum atomic E-state index is -0.284. The highest BCUT2D eigenvalue weighted by atomic mass is 16.6. The molecule has 0 aliphatic heterocycles. The Bertz CT molecular complexity index is 160. The zero-order chi connectivity index (χ0) is 12.1. The molecule has 0 aromatic carbocycles. The second-order valence-electron chi connectivity index (χ2n) is 3.18. The van der Waals surface area contributed by atoms with Crippen LogP contribution in [0.1, 0.15) is 20.3 Å². The minimum absolute atomic E-state index is 0.284. The van der Waals surface area contributed by atoms with E-state index in [0.29, 0.717) is 39.6 Å². The maximum absolute atomic E-state index is 10.4. The van der Waals surface area contributed by atoms with Crippen molar-refractivity contribution < 1.29 is 23.7 Å². The Morgan fingerprint density at radius 3 is 1.69 bits per heavy atom. The number of ether oxygens (including phenoxy) is 4. The Morgan fingerprint density at radius 2 is 1.25 bits per heavy atom. The van der Waals surface area contributed by atoms with Crippen molar-refractivity contribution in [3.05, 3.63) is 0 Å². The van der Waals surface area contributed by atoms with E-state index >= 15 is 0 Å². The first-order valence-corrected chi connectivity index (χ1v) is 5.64. The highest BCUT2D eigenvalue weighted by molar-refractivity contribution is 5.65. The third kappa shape index (κ3) is 13.4. The first-order chi connectivity index (χ1) is 7.77. The van der Waals surface area contributed by atoms with E-state index in [2.05, 4.69) is 11.7 Å². The molecule has 0 radical (unpaired) electrons. The summed E-state index contributed by atoms with van der Waals surface area (Å²) >= 11 is 0. The van der Waals surface area contributed by atoms with Gasteiger partial charge in [0, 0.05) is 13.5 Å². The summed E-state index contributed by atoms with van der Waals surface area (Å²) in [5.41, 5.74) is 0. The van der Waals surface area contributed by atoms with Crippen molar-refractivity contribution in [1.29, 1.82) is 0 Å². The van der Waals surface area contributed by atoms with Gasteiger partial charge in [-0.15, -0.1) is 0 Å². The standard InChI is InChI=1S/C11H22O5/c1-3-4-13-5-6-14-7-8-15-9-10-16-11(2)12/h3-10H2,1-2H3. The van der Waals surface area contributed by atoms with Gasteiger partial charge < -0.3 is 18.9 Å². The molecule has 0 bridgehead atoms. The van der Waals surface area contributed by atoms with Crippen LogP contribution in [-0.4, -0.2) is 52.2 Å². The van der Waals surface area contributed by atoms with E-state index in [1.807, 2.05) is 0 Å². The molecule has 16 heavy (non-hydrogen) atoms. The SMILES string of the molecule is CCCOCCOCCOCCOC(C)=O. The third-order valence-corrected chi connectivity index (χ3v) is 1.63. The number of rotatable bonds is 11. The van der Waals surface area contributed by atoms with Crippen molar-refractivity contribution in [3.63, 3.8) is 0 Å². The Hall–Kier alpha value is -0.650. The fourth-order valence-corrected chi connectivity index (χ4v) is 0.931. The Morgan fingerprint density at radius 1 is 0.812 bits per heavy atom. The fraction of sp³-hybridized carbons (Fsp3) is 0.909. The molecule has 5 nitrogen and oxygen atoms in total. The van der Waals surface area contributed by atoms with Crippen molar-refractivity contribution in [2.45, 2.75) is 20.3 Å². The fourth-order valence-electron chi connectivity index (χ4n) is 0.931. The highest BCUT2D eigenvalue weighted by Crippen LogP contribution is 1.84. The Balaban J connectivity index is 2.90. The van der Waals surface area contributed by atoms with Gasteiger partial charge in [0.05, 0.1) is 33.0 Å². The lowest BCUT2D eigenvalue weighted by molar-refractivity contribution is -0.142. The van der Waals surface area contributed by atoms with E-state index in [9.17, 15) is 4.79 Å². The monoisotopic (exact) mass is 234 g/mol. The summed E-state index contributed by atoms with van der Waals surface area (Å²) in [5, 5.41) is 0. The summed E-state index contributed by atoms with van der Waals surface area (Å²) in [4.78, 5) is 10.4. The molecule has 0 aliphatic rings. The molecule has 0 N–H and O–H groups in total. The second kappa shape index (κ2) is 12.4. The molecule has 0 unspecified atom stereocenters. The molecule has 96 valence electrons. The first-order valence-electron chi connectivity index (χ1n) is 5.64. The topological polar surface area (TPSA) is 54.0 Å². The van der Waals surface area contributed by atoms with Crippen molar-refractivity contribution in [2.24, 2.45) is 0 Å². The Kier molecular flexibility index (Phi) is 11.9. The van der Waals surface area contributed by atoms with Gasteiger partial charge in [-0.05, 0) is 6.42 Å². The van der Waals surface area contributed by atoms with Crippen LogP contribution in [0, 0.1) is 0 Å². The summed E-state index contributed by atoms with van der Waals surface area (Å²) < 4.78 is 20.3. The molecule has 0 saturated carbocycles. The predicted octanol–water partition coefficient (Wildman–Crippen LogP) is 1.01. The zero-order valence-electron chi connectivity index (χ0n) is 10.2. The van der Waals surface area contributed by atoms with Crippen molar-refractivity contribution >= 4 is 5.97 Å². The maximum atomic E-state index is 10.4.